The van der Waals surface area contributed by atoms with Gasteiger partial charge in [-0.2, -0.15) is 0 Å². The Labute approximate surface area is 176 Å². The maximum Gasteiger partial charge on any atom is 0.243 e. The maximum atomic E-state index is 12.8. The number of carbonyl (C=O) groups excluding carboxylic acids is 1. The van der Waals surface area contributed by atoms with Crippen LogP contribution in [0.15, 0.2) is 18.2 Å². The first-order valence-corrected chi connectivity index (χ1v) is 12.2. The van der Waals surface area contributed by atoms with Crippen LogP contribution in [0.4, 0.5) is 5.69 Å². The number of hydrogen-bond donors (Lipinski definition) is 1. The lowest BCUT2D eigenvalue weighted by Crippen LogP contribution is -2.50. The van der Waals surface area contributed by atoms with Gasteiger partial charge in [0, 0.05) is 32.7 Å². The van der Waals surface area contributed by atoms with Gasteiger partial charge in [0.25, 0.3) is 0 Å². The van der Waals surface area contributed by atoms with Crippen LogP contribution in [0.2, 0.25) is 0 Å². The molecule has 1 saturated heterocycles. The van der Waals surface area contributed by atoms with Crippen molar-refractivity contribution in [1.82, 2.24) is 15.1 Å². The minimum absolute atomic E-state index is 0.241. The third-order valence-electron chi connectivity index (χ3n) is 5.62. The van der Waals surface area contributed by atoms with Crippen LogP contribution in [0.5, 0.6) is 0 Å². The summed E-state index contributed by atoms with van der Waals surface area (Å²) in [7, 11) is -1.47. The van der Waals surface area contributed by atoms with Crippen LogP contribution in [-0.2, 0) is 14.8 Å². The Balaban J connectivity index is 2.00. The molecule has 0 aliphatic carbocycles. The van der Waals surface area contributed by atoms with Gasteiger partial charge in [-0.05, 0) is 63.5 Å². The van der Waals surface area contributed by atoms with Crippen LogP contribution in [0.25, 0.3) is 0 Å². The van der Waals surface area contributed by atoms with Crippen molar-refractivity contribution in [3.05, 3.63) is 29.3 Å². The molecule has 1 aromatic carbocycles. The van der Waals surface area contributed by atoms with Crippen LogP contribution in [0, 0.1) is 13.8 Å². The molecular formula is C21H36N4O3S. The molecule has 1 aliphatic heterocycles. The normalized spacial score (nSPS) is 17.1. The van der Waals surface area contributed by atoms with Gasteiger partial charge in [0.2, 0.25) is 15.9 Å². The van der Waals surface area contributed by atoms with E-state index in [1.807, 2.05) is 32.9 Å². The van der Waals surface area contributed by atoms with Crippen molar-refractivity contribution >= 4 is 21.6 Å². The number of benzene rings is 1. The number of rotatable bonds is 9. The van der Waals surface area contributed by atoms with E-state index in [9.17, 15) is 13.2 Å². The van der Waals surface area contributed by atoms with E-state index in [4.69, 9.17) is 0 Å². The number of nitrogens with one attached hydrogen (secondary N) is 1. The van der Waals surface area contributed by atoms with Gasteiger partial charge in [-0.25, -0.2) is 8.42 Å². The number of amides is 1. The molecule has 0 radical (unpaired) electrons. The summed E-state index contributed by atoms with van der Waals surface area (Å²) in [6, 6.07) is 4.74. The molecule has 0 unspecified atom stereocenters. The number of sulfonamides is 1. The van der Waals surface area contributed by atoms with E-state index < -0.39 is 16.1 Å². The summed E-state index contributed by atoms with van der Waals surface area (Å²) in [6.07, 6.45) is 2.42. The lowest BCUT2D eigenvalue weighted by molar-refractivity contribution is -0.122. The molecule has 1 amide bonds. The second kappa shape index (κ2) is 10.4. The van der Waals surface area contributed by atoms with Crippen molar-refractivity contribution in [2.24, 2.45) is 0 Å². The molecule has 0 spiro atoms. The molecule has 0 aromatic heterocycles. The summed E-state index contributed by atoms with van der Waals surface area (Å²) in [5.41, 5.74) is 2.62. The van der Waals surface area contributed by atoms with Gasteiger partial charge >= 0.3 is 0 Å². The molecule has 0 saturated carbocycles. The second-order valence-corrected chi connectivity index (χ2v) is 9.90. The Morgan fingerprint density at radius 3 is 2.38 bits per heavy atom. The van der Waals surface area contributed by atoms with Gasteiger partial charge in [0.15, 0.2) is 0 Å². The first kappa shape index (κ1) is 23.6. The van der Waals surface area contributed by atoms with E-state index in [-0.39, 0.29) is 5.91 Å². The van der Waals surface area contributed by atoms with Crippen molar-refractivity contribution in [2.45, 2.75) is 39.7 Å². The van der Waals surface area contributed by atoms with Crippen molar-refractivity contribution < 1.29 is 13.2 Å². The first-order chi connectivity index (χ1) is 13.6. The van der Waals surface area contributed by atoms with Crippen molar-refractivity contribution in [1.29, 1.82) is 0 Å². The molecule has 8 heteroatoms. The SMILES string of the molecule is CC[C@H](C(=O)NCCCN1CCN(C)CC1)N(c1ccc(C)c(C)c1)S(C)(=O)=O. The Morgan fingerprint density at radius 2 is 1.83 bits per heavy atom. The minimum atomic E-state index is -3.60. The van der Waals surface area contributed by atoms with E-state index in [1.54, 1.807) is 6.07 Å². The van der Waals surface area contributed by atoms with Crippen LogP contribution < -0.4 is 9.62 Å². The van der Waals surface area contributed by atoms with Gasteiger partial charge < -0.3 is 15.1 Å². The Bertz CT molecular complexity index is 789. The van der Waals surface area contributed by atoms with Crippen molar-refractivity contribution in [2.75, 3.05) is 56.9 Å². The van der Waals surface area contributed by atoms with Crippen LogP contribution in [-0.4, -0.2) is 82.7 Å². The van der Waals surface area contributed by atoms with Gasteiger partial charge in [-0.3, -0.25) is 9.10 Å². The molecule has 1 fully saturated rings. The quantitative estimate of drug-likeness (QED) is 0.610. The van der Waals surface area contributed by atoms with Crippen LogP contribution in [0.3, 0.4) is 0 Å². The van der Waals surface area contributed by atoms with E-state index in [0.29, 0.717) is 18.7 Å². The predicted molar refractivity (Wildman–Crippen MR) is 119 cm³/mol. The molecule has 164 valence electrons. The zero-order valence-corrected chi connectivity index (χ0v) is 19.3. The van der Waals surface area contributed by atoms with E-state index in [0.717, 1.165) is 56.5 Å². The Kier molecular flexibility index (Phi) is 8.48. The number of hydrogen-bond acceptors (Lipinski definition) is 5. The van der Waals surface area contributed by atoms with Gasteiger partial charge in [0.05, 0.1) is 11.9 Å². The van der Waals surface area contributed by atoms with Crippen molar-refractivity contribution in [3.8, 4) is 0 Å². The molecule has 7 nitrogen and oxygen atoms in total. The molecule has 1 atom stereocenters. The summed E-state index contributed by atoms with van der Waals surface area (Å²) in [4.78, 5) is 17.6. The fraction of sp³-hybridized carbons (Fsp3) is 0.667. The third-order valence-corrected chi connectivity index (χ3v) is 6.80. The monoisotopic (exact) mass is 424 g/mol. The highest BCUT2D eigenvalue weighted by Crippen LogP contribution is 2.25. The average molecular weight is 425 g/mol. The number of carbonyl (C=O) groups is 1. The second-order valence-electron chi connectivity index (χ2n) is 8.04. The Hall–Kier alpha value is -1.64. The highest BCUT2D eigenvalue weighted by Gasteiger charge is 2.31. The first-order valence-electron chi connectivity index (χ1n) is 10.4. The summed E-state index contributed by atoms with van der Waals surface area (Å²) < 4.78 is 26.3. The van der Waals surface area contributed by atoms with Crippen molar-refractivity contribution in [3.63, 3.8) is 0 Å². The largest absolute Gasteiger partial charge is 0.354 e. The molecular weight excluding hydrogens is 388 g/mol. The number of likely N-dealkylation sites (N-methyl/N-ethyl adjacent to an activating group) is 1. The maximum absolute atomic E-state index is 12.8. The average Bonchev–Trinajstić information content (AvgIpc) is 2.66. The number of aryl methyl sites for hydroxylation is 2. The Morgan fingerprint density at radius 1 is 1.17 bits per heavy atom. The molecule has 1 aromatic rings. The summed E-state index contributed by atoms with van der Waals surface area (Å²) in [6.45, 7) is 11.5. The summed E-state index contributed by atoms with van der Waals surface area (Å²) >= 11 is 0. The van der Waals surface area contributed by atoms with Gasteiger partial charge in [0.1, 0.15) is 6.04 Å². The highest BCUT2D eigenvalue weighted by atomic mass is 32.2. The van der Waals surface area contributed by atoms with Gasteiger partial charge in [-0.15, -0.1) is 0 Å². The number of piperazine rings is 1. The number of anilines is 1. The van der Waals surface area contributed by atoms with Crippen LogP contribution in [0.1, 0.15) is 30.9 Å². The predicted octanol–water partition coefficient (Wildman–Crippen LogP) is 1.60. The van der Waals surface area contributed by atoms with Crippen LogP contribution >= 0.6 is 0 Å². The zero-order chi connectivity index (χ0) is 21.6. The standard InChI is InChI=1S/C21H36N4O3S/c1-6-20(21(26)22-10-7-11-24-14-12-23(4)13-15-24)25(29(5,27)28)19-9-8-17(2)18(3)16-19/h8-9,16,20H,6-7,10-15H2,1-5H3,(H,22,26)/t20-/m1/s1. The molecule has 2 rings (SSSR count). The number of nitrogens with zero attached hydrogens (tertiary/aromatic N) is 3. The summed E-state index contributed by atoms with van der Waals surface area (Å²) in [5.74, 6) is -0.241. The molecule has 0 bridgehead atoms. The van der Waals surface area contributed by atoms with E-state index >= 15 is 0 Å². The smallest absolute Gasteiger partial charge is 0.243 e. The molecule has 1 heterocycles. The minimum Gasteiger partial charge on any atom is -0.354 e. The topological polar surface area (TPSA) is 73.0 Å². The van der Waals surface area contributed by atoms with E-state index in [1.165, 1.54) is 4.31 Å². The lowest BCUT2D eigenvalue weighted by Gasteiger charge is -2.32. The zero-order valence-electron chi connectivity index (χ0n) is 18.4. The third kappa shape index (κ3) is 6.69. The molecule has 1 N–H and O–H groups in total. The van der Waals surface area contributed by atoms with E-state index in [2.05, 4.69) is 22.2 Å². The fourth-order valence-corrected chi connectivity index (χ4v) is 4.83. The highest BCUT2D eigenvalue weighted by molar-refractivity contribution is 7.92. The fourth-order valence-electron chi connectivity index (χ4n) is 3.63. The lowest BCUT2D eigenvalue weighted by atomic mass is 10.1. The summed E-state index contributed by atoms with van der Waals surface area (Å²) in [5, 5.41) is 2.95. The van der Waals surface area contributed by atoms with Gasteiger partial charge in [-0.1, -0.05) is 13.0 Å². The molecule has 1 aliphatic rings. The molecule has 29 heavy (non-hydrogen) atoms.